The topological polar surface area (TPSA) is 59.6 Å². The van der Waals surface area contributed by atoms with Crippen molar-refractivity contribution in [3.8, 4) is 11.5 Å². The highest BCUT2D eigenvalue weighted by Gasteiger charge is 2.09. The van der Waals surface area contributed by atoms with Gasteiger partial charge in [0.2, 0.25) is 0 Å². The number of thiocarbonyl (C=S) groups is 1. The van der Waals surface area contributed by atoms with E-state index in [1.807, 2.05) is 36.4 Å². The van der Waals surface area contributed by atoms with Crippen molar-refractivity contribution < 1.29 is 14.3 Å². The van der Waals surface area contributed by atoms with Crippen LogP contribution in [0.5, 0.6) is 11.5 Å². The summed E-state index contributed by atoms with van der Waals surface area (Å²) in [5.41, 5.74) is 1.97. The Morgan fingerprint density at radius 2 is 1.73 bits per heavy atom. The van der Waals surface area contributed by atoms with Crippen molar-refractivity contribution in [3.05, 3.63) is 71.8 Å². The van der Waals surface area contributed by atoms with Gasteiger partial charge in [-0.2, -0.15) is 0 Å². The number of carbonyl (C=O) groups excluding carboxylic acids is 1. The number of ether oxygens (including phenoxy) is 2. The van der Waals surface area contributed by atoms with Crippen molar-refractivity contribution in [1.82, 2.24) is 10.6 Å². The number of rotatable bonds is 9. The molecule has 0 unspecified atom stereocenters. The van der Waals surface area contributed by atoms with E-state index < -0.39 is 0 Å². The van der Waals surface area contributed by atoms with Crippen molar-refractivity contribution in [1.29, 1.82) is 0 Å². The average Bonchev–Trinajstić information content (AvgIpc) is 2.78. The summed E-state index contributed by atoms with van der Waals surface area (Å²) in [5.74, 6) is 1.16. The van der Waals surface area contributed by atoms with Crippen LogP contribution >= 0.6 is 12.2 Å². The van der Waals surface area contributed by atoms with E-state index in [0.29, 0.717) is 29.6 Å². The number of hydrogen-bond acceptors (Lipinski definition) is 4. The highest BCUT2D eigenvalue weighted by Crippen LogP contribution is 2.19. The van der Waals surface area contributed by atoms with E-state index in [0.717, 1.165) is 18.7 Å². The Morgan fingerprint density at radius 3 is 2.50 bits per heavy atom. The van der Waals surface area contributed by atoms with Gasteiger partial charge in [0.25, 0.3) is 5.91 Å². The molecule has 2 aromatic rings. The maximum Gasteiger partial charge on any atom is 0.257 e. The van der Waals surface area contributed by atoms with E-state index in [1.54, 1.807) is 18.2 Å². The van der Waals surface area contributed by atoms with Crippen LogP contribution in [0.25, 0.3) is 0 Å². The Labute approximate surface area is 183 Å². The third-order valence-electron chi connectivity index (χ3n) is 4.80. The molecule has 0 atom stereocenters. The number of para-hydroxylation sites is 1. The first-order valence-corrected chi connectivity index (χ1v) is 10.8. The smallest absolute Gasteiger partial charge is 0.257 e. The minimum atomic E-state index is -0.254. The average molecular weight is 425 g/mol. The van der Waals surface area contributed by atoms with Gasteiger partial charge in [-0.15, -0.1) is 0 Å². The third-order valence-corrected chi connectivity index (χ3v) is 5.05. The van der Waals surface area contributed by atoms with Crippen LogP contribution in [0.4, 0.5) is 0 Å². The summed E-state index contributed by atoms with van der Waals surface area (Å²) in [6.07, 6.45) is 8.18. The lowest BCUT2D eigenvalue weighted by molar-refractivity contribution is 0.0976. The first-order valence-electron chi connectivity index (χ1n) is 10.4. The molecule has 6 heteroatoms. The molecule has 0 fully saturated rings. The zero-order valence-corrected chi connectivity index (χ0v) is 17.9. The van der Waals surface area contributed by atoms with E-state index in [-0.39, 0.29) is 5.91 Å². The normalized spacial score (nSPS) is 13.1. The Kier molecular flexibility index (Phi) is 8.72. The van der Waals surface area contributed by atoms with E-state index >= 15 is 0 Å². The second kappa shape index (κ2) is 12.0. The molecule has 1 aliphatic carbocycles. The number of allylic oxidation sites excluding steroid dienone is 1. The van der Waals surface area contributed by atoms with Crippen LogP contribution in [-0.4, -0.2) is 30.8 Å². The van der Waals surface area contributed by atoms with E-state index in [1.165, 1.54) is 31.3 Å². The number of hydrogen-bond donors (Lipinski definition) is 2. The highest BCUT2D eigenvalue weighted by atomic mass is 32.1. The highest BCUT2D eigenvalue weighted by molar-refractivity contribution is 7.80. The summed E-state index contributed by atoms with van der Waals surface area (Å²) >= 11 is 5.25. The Morgan fingerprint density at radius 1 is 0.967 bits per heavy atom. The van der Waals surface area contributed by atoms with Gasteiger partial charge in [-0.3, -0.25) is 10.1 Å². The van der Waals surface area contributed by atoms with Gasteiger partial charge in [0.15, 0.2) is 5.11 Å². The Balaban J connectivity index is 1.38. The fourth-order valence-electron chi connectivity index (χ4n) is 3.25. The fraction of sp³-hybridized carbons (Fsp3) is 0.333. The summed E-state index contributed by atoms with van der Waals surface area (Å²) in [7, 11) is 0. The predicted octanol–water partition coefficient (Wildman–Crippen LogP) is 4.64. The molecule has 0 radical (unpaired) electrons. The second-order valence-corrected chi connectivity index (χ2v) is 7.51. The van der Waals surface area contributed by atoms with Crippen LogP contribution in [0.2, 0.25) is 0 Å². The van der Waals surface area contributed by atoms with Gasteiger partial charge < -0.3 is 14.8 Å². The summed E-state index contributed by atoms with van der Waals surface area (Å²) in [4.78, 5) is 12.5. The maximum absolute atomic E-state index is 12.5. The summed E-state index contributed by atoms with van der Waals surface area (Å²) in [5, 5.41) is 6.19. The number of carbonyl (C=O) groups is 1. The standard InChI is InChI=1S/C24H28N2O3S/c27-23(26-24(30)25-15-14-19-8-3-1-4-9-19)20-10-7-13-22(18-20)29-17-16-28-21-11-5-2-6-12-21/h2,5-8,10-13,18H,1,3-4,9,14-17H2,(H2,25,26,27,30). The van der Waals surface area contributed by atoms with Crippen molar-refractivity contribution in [3.63, 3.8) is 0 Å². The van der Waals surface area contributed by atoms with E-state index in [4.69, 9.17) is 21.7 Å². The lowest BCUT2D eigenvalue weighted by atomic mass is 9.97. The molecule has 1 aliphatic rings. The van der Waals surface area contributed by atoms with E-state index in [9.17, 15) is 4.79 Å². The van der Waals surface area contributed by atoms with Crippen molar-refractivity contribution >= 4 is 23.2 Å². The first kappa shape index (κ1) is 21.8. The Hall–Kier alpha value is -2.86. The lowest BCUT2D eigenvalue weighted by Crippen LogP contribution is -2.39. The molecule has 0 bridgehead atoms. The molecule has 0 spiro atoms. The molecule has 2 N–H and O–H groups in total. The van der Waals surface area contributed by atoms with Crippen molar-refractivity contribution in [2.24, 2.45) is 0 Å². The van der Waals surface area contributed by atoms with Crippen LogP contribution < -0.4 is 20.1 Å². The first-order chi connectivity index (χ1) is 14.7. The van der Waals surface area contributed by atoms with Crippen molar-refractivity contribution in [2.75, 3.05) is 19.8 Å². The van der Waals surface area contributed by atoms with E-state index in [2.05, 4.69) is 16.7 Å². The minimum absolute atomic E-state index is 0.254. The van der Waals surface area contributed by atoms with Gasteiger partial charge in [-0.05, 0) is 74.7 Å². The summed E-state index contributed by atoms with van der Waals surface area (Å²) < 4.78 is 11.3. The van der Waals surface area contributed by atoms with Gasteiger partial charge in [0.1, 0.15) is 24.7 Å². The number of amides is 1. The van der Waals surface area contributed by atoms with Gasteiger partial charge in [0.05, 0.1) is 0 Å². The molecule has 30 heavy (non-hydrogen) atoms. The zero-order valence-electron chi connectivity index (χ0n) is 17.1. The number of benzene rings is 2. The lowest BCUT2D eigenvalue weighted by Gasteiger charge is -2.14. The van der Waals surface area contributed by atoms with Crippen LogP contribution in [0.3, 0.4) is 0 Å². The zero-order chi connectivity index (χ0) is 21.0. The van der Waals surface area contributed by atoms with Crippen LogP contribution in [0.1, 0.15) is 42.5 Å². The molecule has 0 aromatic heterocycles. The van der Waals surface area contributed by atoms with Gasteiger partial charge in [-0.1, -0.05) is 35.9 Å². The molecular formula is C24H28N2O3S. The monoisotopic (exact) mass is 424 g/mol. The Bertz CT molecular complexity index is 868. The fourth-order valence-corrected chi connectivity index (χ4v) is 3.45. The minimum Gasteiger partial charge on any atom is -0.490 e. The summed E-state index contributed by atoms with van der Waals surface area (Å²) in [6.45, 7) is 1.54. The molecule has 0 saturated carbocycles. The van der Waals surface area contributed by atoms with Crippen LogP contribution in [0.15, 0.2) is 66.2 Å². The van der Waals surface area contributed by atoms with Crippen molar-refractivity contribution in [2.45, 2.75) is 32.1 Å². The second-order valence-electron chi connectivity index (χ2n) is 7.11. The molecular weight excluding hydrogens is 396 g/mol. The molecule has 0 aliphatic heterocycles. The SMILES string of the molecule is O=C(NC(=S)NCCC1=CCCCC1)c1cccc(OCCOc2ccccc2)c1. The molecule has 2 aromatic carbocycles. The molecule has 3 rings (SSSR count). The molecule has 0 saturated heterocycles. The molecule has 1 amide bonds. The van der Waals surface area contributed by atoms with Gasteiger partial charge in [-0.25, -0.2) is 0 Å². The molecule has 5 nitrogen and oxygen atoms in total. The van der Waals surface area contributed by atoms with Gasteiger partial charge >= 0.3 is 0 Å². The largest absolute Gasteiger partial charge is 0.490 e. The number of nitrogens with one attached hydrogen (secondary N) is 2. The molecule has 158 valence electrons. The summed E-state index contributed by atoms with van der Waals surface area (Å²) in [6, 6.07) is 16.6. The van der Waals surface area contributed by atoms with Crippen LogP contribution in [0, 0.1) is 0 Å². The third kappa shape index (κ3) is 7.52. The quantitative estimate of drug-likeness (QED) is 0.349. The maximum atomic E-state index is 12.5. The van der Waals surface area contributed by atoms with Crippen LogP contribution in [-0.2, 0) is 0 Å². The molecule has 0 heterocycles. The van der Waals surface area contributed by atoms with Gasteiger partial charge in [0, 0.05) is 12.1 Å². The predicted molar refractivity (Wildman–Crippen MR) is 123 cm³/mol.